The molecule has 0 aromatic rings. The van der Waals surface area contributed by atoms with Crippen LogP contribution in [0.25, 0.3) is 0 Å². The molecule has 17 heavy (non-hydrogen) atoms. The zero-order chi connectivity index (χ0) is 12.3. The third-order valence-corrected chi connectivity index (χ3v) is 3.59. The molecular formula is C12H21F3N2. The molecule has 0 radical (unpaired) electrons. The highest BCUT2D eigenvalue weighted by Crippen LogP contribution is 2.29. The van der Waals surface area contributed by atoms with Gasteiger partial charge < -0.3 is 5.32 Å². The van der Waals surface area contributed by atoms with E-state index < -0.39 is 12.6 Å². The second kappa shape index (κ2) is 5.57. The normalized spacial score (nSPS) is 25.8. The molecule has 1 unspecified atom stereocenters. The van der Waals surface area contributed by atoms with E-state index in [1.165, 1.54) is 25.7 Å². The number of hydrogen-bond donors (Lipinski definition) is 1. The number of halogens is 3. The summed E-state index contributed by atoms with van der Waals surface area (Å²) in [6.45, 7) is 2.59. The van der Waals surface area contributed by atoms with Gasteiger partial charge in [-0.2, -0.15) is 13.2 Å². The third-order valence-electron chi connectivity index (χ3n) is 3.59. The minimum absolute atomic E-state index is 0.243. The molecular weight excluding hydrogens is 229 g/mol. The van der Waals surface area contributed by atoms with E-state index in [1.807, 2.05) is 0 Å². The van der Waals surface area contributed by atoms with E-state index in [1.54, 1.807) is 0 Å². The maximum atomic E-state index is 12.1. The first kappa shape index (κ1) is 13.1. The lowest BCUT2D eigenvalue weighted by Gasteiger charge is -2.25. The van der Waals surface area contributed by atoms with Gasteiger partial charge in [0.1, 0.15) is 0 Å². The SMILES string of the molecule is FC(F)(F)CCCN(CC1CCCN1)C1CC1. The Morgan fingerprint density at radius 1 is 1.18 bits per heavy atom. The number of hydrogen-bond acceptors (Lipinski definition) is 2. The summed E-state index contributed by atoms with van der Waals surface area (Å²) in [4.78, 5) is 2.26. The predicted octanol–water partition coefficient (Wildman–Crippen LogP) is 2.55. The average Bonchev–Trinajstić information content (AvgIpc) is 2.95. The third kappa shape index (κ3) is 4.84. The van der Waals surface area contributed by atoms with Crippen molar-refractivity contribution in [2.75, 3.05) is 19.6 Å². The molecule has 1 aliphatic heterocycles. The summed E-state index contributed by atoms with van der Waals surface area (Å²) < 4.78 is 36.3. The second-order valence-corrected chi connectivity index (χ2v) is 5.24. The Balaban J connectivity index is 1.69. The van der Waals surface area contributed by atoms with Crippen LogP contribution in [0, 0.1) is 0 Å². The Hall–Kier alpha value is -0.290. The van der Waals surface area contributed by atoms with E-state index in [2.05, 4.69) is 10.2 Å². The molecule has 1 saturated heterocycles. The van der Waals surface area contributed by atoms with Crippen LogP contribution < -0.4 is 5.32 Å². The highest BCUT2D eigenvalue weighted by Gasteiger charge is 2.32. The minimum atomic E-state index is -4.00. The van der Waals surface area contributed by atoms with Crippen LogP contribution in [0.3, 0.4) is 0 Å². The Kier molecular flexibility index (Phi) is 4.31. The molecule has 1 heterocycles. The standard InChI is InChI=1S/C12H21F3N2/c13-12(14,15)6-2-8-17(11-4-5-11)9-10-3-1-7-16-10/h10-11,16H,1-9H2. The molecule has 100 valence electrons. The summed E-state index contributed by atoms with van der Waals surface area (Å²) in [6.07, 6.45) is 0.299. The fourth-order valence-electron chi connectivity index (χ4n) is 2.54. The highest BCUT2D eigenvalue weighted by atomic mass is 19.4. The first-order valence-electron chi connectivity index (χ1n) is 6.59. The van der Waals surface area contributed by atoms with Crippen molar-refractivity contribution in [2.24, 2.45) is 0 Å². The van der Waals surface area contributed by atoms with Crippen LogP contribution in [0.5, 0.6) is 0 Å². The van der Waals surface area contributed by atoms with Gasteiger partial charge in [0.2, 0.25) is 0 Å². The largest absolute Gasteiger partial charge is 0.389 e. The van der Waals surface area contributed by atoms with E-state index in [4.69, 9.17) is 0 Å². The lowest BCUT2D eigenvalue weighted by Crippen LogP contribution is -2.39. The molecule has 1 N–H and O–H groups in total. The van der Waals surface area contributed by atoms with E-state index in [9.17, 15) is 13.2 Å². The van der Waals surface area contributed by atoms with Crippen molar-refractivity contribution in [3.63, 3.8) is 0 Å². The maximum Gasteiger partial charge on any atom is 0.389 e. The average molecular weight is 250 g/mol. The maximum absolute atomic E-state index is 12.1. The lowest BCUT2D eigenvalue weighted by atomic mass is 10.2. The van der Waals surface area contributed by atoms with Gasteiger partial charge in [-0.05, 0) is 45.2 Å². The molecule has 1 atom stereocenters. The molecule has 0 aromatic heterocycles. The molecule has 0 bridgehead atoms. The van der Waals surface area contributed by atoms with Crippen LogP contribution in [0.1, 0.15) is 38.5 Å². The fourth-order valence-corrected chi connectivity index (χ4v) is 2.54. The van der Waals surface area contributed by atoms with Gasteiger partial charge in [-0.25, -0.2) is 0 Å². The van der Waals surface area contributed by atoms with Gasteiger partial charge in [0.05, 0.1) is 0 Å². The Morgan fingerprint density at radius 3 is 2.47 bits per heavy atom. The summed E-state index contributed by atoms with van der Waals surface area (Å²) in [6, 6.07) is 1.06. The number of nitrogens with one attached hydrogen (secondary N) is 1. The van der Waals surface area contributed by atoms with Crippen LogP contribution >= 0.6 is 0 Å². The van der Waals surface area contributed by atoms with E-state index in [0.717, 1.165) is 13.1 Å². The van der Waals surface area contributed by atoms with Gasteiger partial charge in [-0.15, -0.1) is 0 Å². The van der Waals surface area contributed by atoms with E-state index in [0.29, 0.717) is 18.6 Å². The van der Waals surface area contributed by atoms with Gasteiger partial charge in [-0.3, -0.25) is 4.90 Å². The van der Waals surface area contributed by atoms with Crippen molar-refractivity contribution in [3.05, 3.63) is 0 Å². The molecule has 1 saturated carbocycles. The molecule has 2 nitrogen and oxygen atoms in total. The first-order chi connectivity index (χ1) is 8.04. The Labute approximate surface area is 101 Å². The lowest BCUT2D eigenvalue weighted by molar-refractivity contribution is -0.136. The number of nitrogens with zero attached hydrogens (tertiary/aromatic N) is 1. The zero-order valence-electron chi connectivity index (χ0n) is 10.1. The smallest absolute Gasteiger partial charge is 0.313 e. The molecule has 5 heteroatoms. The monoisotopic (exact) mass is 250 g/mol. The summed E-state index contributed by atoms with van der Waals surface area (Å²) >= 11 is 0. The van der Waals surface area contributed by atoms with Crippen molar-refractivity contribution in [3.8, 4) is 0 Å². The topological polar surface area (TPSA) is 15.3 Å². The van der Waals surface area contributed by atoms with Crippen LogP contribution in [0.15, 0.2) is 0 Å². The van der Waals surface area contributed by atoms with Crippen LogP contribution in [-0.4, -0.2) is 42.8 Å². The van der Waals surface area contributed by atoms with Crippen molar-refractivity contribution in [2.45, 2.75) is 56.8 Å². The molecule has 0 amide bonds. The summed E-state index contributed by atoms with van der Waals surface area (Å²) in [5.74, 6) is 0. The van der Waals surface area contributed by atoms with Gasteiger partial charge in [0.15, 0.2) is 0 Å². The van der Waals surface area contributed by atoms with Gasteiger partial charge >= 0.3 is 6.18 Å². The van der Waals surface area contributed by atoms with Crippen molar-refractivity contribution in [1.29, 1.82) is 0 Å². The first-order valence-corrected chi connectivity index (χ1v) is 6.59. The predicted molar refractivity (Wildman–Crippen MR) is 60.9 cm³/mol. The van der Waals surface area contributed by atoms with Gasteiger partial charge in [0, 0.05) is 25.0 Å². The summed E-state index contributed by atoms with van der Waals surface area (Å²) in [5.41, 5.74) is 0. The molecule has 1 aliphatic carbocycles. The van der Waals surface area contributed by atoms with Crippen LogP contribution in [-0.2, 0) is 0 Å². The zero-order valence-corrected chi connectivity index (χ0v) is 10.1. The van der Waals surface area contributed by atoms with Crippen LogP contribution in [0.2, 0.25) is 0 Å². The highest BCUT2D eigenvalue weighted by molar-refractivity contribution is 4.88. The van der Waals surface area contributed by atoms with Gasteiger partial charge in [-0.1, -0.05) is 0 Å². The van der Waals surface area contributed by atoms with E-state index in [-0.39, 0.29) is 6.42 Å². The molecule has 0 spiro atoms. The molecule has 2 aliphatic rings. The van der Waals surface area contributed by atoms with Crippen molar-refractivity contribution in [1.82, 2.24) is 10.2 Å². The number of alkyl halides is 3. The minimum Gasteiger partial charge on any atom is -0.313 e. The van der Waals surface area contributed by atoms with Crippen molar-refractivity contribution >= 4 is 0 Å². The second-order valence-electron chi connectivity index (χ2n) is 5.24. The summed E-state index contributed by atoms with van der Waals surface area (Å²) in [7, 11) is 0. The molecule has 0 aromatic carbocycles. The summed E-state index contributed by atoms with van der Waals surface area (Å²) in [5, 5.41) is 3.41. The Bertz CT molecular complexity index is 232. The van der Waals surface area contributed by atoms with Gasteiger partial charge in [0.25, 0.3) is 0 Å². The fraction of sp³-hybridized carbons (Fsp3) is 1.00. The van der Waals surface area contributed by atoms with Crippen molar-refractivity contribution < 1.29 is 13.2 Å². The number of rotatable bonds is 6. The molecule has 2 fully saturated rings. The molecule has 2 rings (SSSR count). The Morgan fingerprint density at radius 2 is 1.94 bits per heavy atom. The quantitative estimate of drug-likeness (QED) is 0.779. The van der Waals surface area contributed by atoms with E-state index >= 15 is 0 Å². The van der Waals surface area contributed by atoms with Crippen LogP contribution in [0.4, 0.5) is 13.2 Å².